The van der Waals surface area contributed by atoms with Crippen LogP contribution in [0.4, 0.5) is 0 Å². The molecule has 124 valence electrons. The third-order valence-corrected chi connectivity index (χ3v) is 3.81. The number of hydrogen-bond acceptors (Lipinski definition) is 2. The van der Waals surface area contributed by atoms with Crippen molar-refractivity contribution in [3.63, 3.8) is 0 Å². The summed E-state index contributed by atoms with van der Waals surface area (Å²) in [6, 6.07) is 18.6. The van der Waals surface area contributed by atoms with Gasteiger partial charge in [-0.1, -0.05) is 72.8 Å². The third kappa shape index (κ3) is 5.39. The van der Waals surface area contributed by atoms with Gasteiger partial charge < -0.3 is 10.2 Å². The molecule has 0 amide bonds. The molecule has 0 spiro atoms. The van der Waals surface area contributed by atoms with Crippen molar-refractivity contribution in [2.24, 2.45) is 11.8 Å². The average Bonchev–Trinajstić information content (AvgIpc) is 2.58. The first kappa shape index (κ1) is 17.5. The topological polar surface area (TPSA) is 74.6 Å². The molecule has 0 radical (unpaired) electrons. The van der Waals surface area contributed by atoms with Crippen molar-refractivity contribution in [1.82, 2.24) is 0 Å². The largest absolute Gasteiger partial charge is 0.481 e. The van der Waals surface area contributed by atoms with Crippen LogP contribution in [0.5, 0.6) is 0 Å². The summed E-state index contributed by atoms with van der Waals surface area (Å²) in [5.74, 6) is -3.41. The molecule has 2 rings (SSSR count). The molecule has 24 heavy (non-hydrogen) atoms. The van der Waals surface area contributed by atoms with E-state index in [0.717, 1.165) is 11.1 Å². The smallest absolute Gasteiger partial charge is 0.310 e. The highest BCUT2D eigenvalue weighted by Gasteiger charge is 2.18. The molecular formula is C20H20O4. The van der Waals surface area contributed by atoms with Crippen LogP contribution in [-0.4, -0.2) is 22.2 Å². The van der Waals surface area contributed by atoms with Crippen LogP contribution in [0, 0.1) is 11.8 Å². The zero-order chi connectivity index (χ0) is 17.4. The van der Waals surface area contributed by atoms with E-state index in [9.17, 15) is 19.8 Å². The summed E-state index contributed by atoms with van der Waals surface area (Å²) in [5, 5.41) is 18.8. The fourth-order valence-corrected chi connectivity index (χ4v) is 2.48. The standard InChI is InChI=1S/C20H20O4/c21-19(22)17(13-15-7-3-1-4-8-15)11-12-18(20(23)24)14-16-9-5-2-6-10-16/h1-12,17-18H,13-14H2,(H,21,22)(H,23,24). The van der Waals surface area contributed by atoms with Gasteiger partial charge in [0, 0.05) is 0 Å². The van der Waals surface area contributed by atoms with E-state index >= 15 is 0 Å². The fourth-order valence-electron chi connectivity index (χ4n) is 2.48. The van der Waals surface area contributed by atoms with Gasteiger partial charge >= 0.3 is 11.9 Å². The van der Waals surface area contributed by atoms with Gasteiger partial charge in [0.1, 0.15) is 0 Å². The Kier molecular flexibility index (Phi) is 6.32. The van der Waals surface area contributed by atoms with Crippen LogP contribution in [0.15, 0.2) is 72.8 Å². The van der Waals surface area contributed by atoms with E-state index in [2.05, 4.69) is 0 Å². The molecular weight excluding hydrogens is 304 g/mol. The summed E-state index contributed by atoms with van der Waals surface area (Å²) in [5.41, 5.74) is 1.81. The molecule has 0 heterocycles. The second kappa shape index (κ2) is 8.67. The van der Waals surface area contributed by atoms with Crippen LogP contribution in [0.1, 0.15) is 11.1 Å². The SMILES string of the molecule is O=C(O)C(C=CC(Cc1ccccc1)C(=O)O)Cc1ccccc1. The molecule has 0 fully saturated rings. The number of carbonyl (C=O) groups is 2. The Morgan fingerprint density at radius 2 is 1.04 bits per heavy atom. The second-order valence-electron chi connectivity index (χ2n) is 5.65. The van der Waals surface area contributed by atoms with Crippen molar-refractivity contribution in [2.45, 2.75) is 12.8 Å². The lowest BCUT2D eigenvalue weighted by Gasteiger charge is -2.11. The minimum atomic E-state index is -0.959. The monoisotopic (exact) mass is 324 g/mol. The fraction of sp³-hybridized carbons (Fsp3) is 0.200. The molecule has 0 saturated carbocycles. The molecule has 2 aromatic carbocycles. The highest BCUT2D eigenvalue weighted by Crippen LogP contribution is 2.15. The first-order chi connectivity index (χ1) is 11.6. The lowest BCUT2D eigenvalue weighted by Crippen LogP contribution is -2.17. The van der Waals surface area contributed by atoms with E-state index in [1.54, 1.807) is 0 Å². The highest BCUT2D eigenvalue weighted by molar-refractivity contribution is 5.75. The molecule has 4 heteroatoms. The van der Waals surface area contributed by atoms with Crippen LogP contribution < -0.4 is 0 Å². The Bertz CT molecular complexity index is 631. The predicted molar refractivity (Wildman–Crippen MR) is 91.7 cm³/mol. The number of hydrogen-bond donors (Lipinski definition) is 2. The molecule has 0 aliphatic heterocycles. The minimum Gasteiger partial charge on any atom is -0.481 e. The number of carboxylic acid groups (broad SMARTS) is 2. The summed E-state index contributed by atoms with van der Waals surface area (Å²) < 4.78 is 0. The van der Waals surface area contributed by atoms with E-state index in [1.807, 2.05) is 60.7 Å². The number of benzene rings is 2. The molecule has 4 nitrogen and oxygen atoms in total. The Hall–Kier alpha value is -2.88. The van der Waals surface area contributed by atoms with E-state index < -0.39 is 23.8 Å². The second-order valence-corrected chi connectivity index (χ2v) is 5.65. The van der Waals surface area contributed by atoms with E-state index in [-0.39, 0.29) is 0 Å². The molecule has 2 N–H and O–H groups in total. The molecule has 0 saturated heterocycles. The van der Waals surface area contributed by atoms with Crippen molar-refractivity contribution < 1.29 is 19.8 Å². The van der Waals surface area contributed by atoms with Gasteiger partial charge in [0.25, 0.3) is 0 Å². The summed E-state index contributed by atoms with van der Waals surface area (Å²) in [4.78, 5) is 22.9. The van der Waals surface area contributed by atoms with Crippen LogP contribution in [0.2, 0.25) is 0 Å². The predicted octanol–water partition coefficient (Wildman–Crippen LogP) is 3.43. The zero-order valence-electron chi connectivity index (χ0n) is 13.2. The maximum atomic E-state index is 11.4. The van der Waals surface area contributed by atoms with Crippen LogP contribution in [0.3, 0.4) is 0 Å². The quantitative estimate of drug-likeness (QED) is 0.730. The molecule has 2 aromatic rings. The lowest BCUT2D eigenvalue weighted by atomic mass is 9.94. The molecule has 0 aliphatic rings. The molecule has 0 aliphatic carbocycles. The molecule has 2 atom stereocenters. The van der Waals surface area contributed by atoms with Crippen molar-refractivity contribution in [3.8, 4) is 0 Å². The first-order valence-electron chi connectivity index (χ1n) is 7.78. The van der Waals surface area contributed by atoms with Gasteiger partial charge in [-0.25, -0.2) is 0 Å². The van der Waals surface area contributed by atoms with Crippen molar-refractivity contribution in [3.05, 3.63) is 83.9 Å². The minimum absolute atomic E-state index is 0.338. The highest BCUT2D eigenvalue weighted by atomic mass is 16.4. The van der Waals surface area contributed by atoms with Crippen LogP contribution >= 0.6 is 0 Å². The Labute approximate surface area is 141 Å². The van der Waals surface area contributed by atoms with Crippen molar-refractivity contribution >= 4 is 11.9 Å². The average molecular weight is 324 g/mol. The van der Waals surface area contributed by atoms with Gasteiger partial charge in [0.05, 0.1) is 11.8 Å². The van der Waals surface area contributed by atoms with E-state index in [1.165, 1.54) is 12.2 Å². The Morgan fingerprint density at radius 3 is 1.33 bits per heavy atom. The number of aliphatic carboxylic acids is 2. The maximum Gasteiger partial charge on any atom is 0.310 e. The van der Waals surface area contributed by atoms with Crippen molar-refractivity contribution in [1.29, 1.82) is 0 Å². The summed E-state index contributed by atoms with van der Waals surface area (Å²) in [7, 11) is 0. The van der Waals surface area contributed by atoms with Gasteiger partial charge in [-0.3, -0.25) is 9.59 Å². The normalized spacial score (nSPS) is 13.5. The van der Waals surface area contributed by atoms with Crippen molar-refractivity contribution in [2.75, 3.05) is 0 Å². The van der Waals surface area contributed by atoms with Crippen LogP contribution in [0.25, 0.3) is 0 Å². The lowest BCUT2D eigenvalue weighted by molar-refractivity contribution is -0.141. The van der Waals surface area contributed by atoms with Gasteiger partial charge in [0.15, 0.2) is 0 Å². The molecule has 2 unspecified atom stereocenters. The Balaban J connectivity index is 2.09. The van der Waals surface area contributed by atoms with E-state index in [0.29, 0.717) is 12.8 Å². The molecule has 0 bridgehead atoms. The third-order valence-electron chi connectivity index (χ3n) is 3.81. The zero-order valence-corrected chi connectivity index (χ0v) is 13.2. The Morgan fingerprint density at radius 1 is 0.708 bits per heavy atom. The maximum absolute atomic E-state index is 11.4. The van der Waals surface area contributed by atoms with Gasteiger partial charge in [-0.15, -0.1) is 0 Å². The summed E-state index contributed by atoms with van der Waals surface area (Å²) in [6.45, 7) is 0. The first-order valence-corrected chi connectivity index (χ1v) is 7.78. The van der Waals surface area contributed by atoms with Gasteiger partial charge in [0.2, 0.25) is 0 Å². The summed E-state index contributed by atoms with van der Waals surface area (Å²) >= 11 is 0. The number of carboxylic acids is 2. The summed E-state index contributed by atoms with van der Waals surface area (Å²) in [6.07, 6.45) is 3.67. The number of rotatable bonds is 8. The molecule has 0 aromatic heterocycles. The van der Waals surface area contributed by atoms with Gasteiger partial charge in [-0.05, 0) is 24.0 Å². The van der Waals surface area contributed by atoms with E-state index in [4.69, 9.17) is 0 Å². The van der Waals surface area contributed by atoms with Gasteiger partial charge in [-0.2, -0.15) is 0 Å². The van der Waals surface area contributed by atoms with Crippen LogP contribution in [-0.2, 0) is 22.4 Å².